The number of hydrogen-bond acceptors (Lipinski definition) is 4. The highest BCUT2D eigenvalue weighted by molar-refractivity contribution is 7.99. The Morgan fingerprint density at radius 2 is 2.17 bits per heavy atom. The monoisotopic (exact) mass is 265 g/mol. The maximum absolute atomic E-state index is 4.59. The number of nitrogens with one attached hydrogen (secondary N) is 1. The van der Waals surface area contributed by atoms with E-state index in [4.69, 9.17) is 0 Å². The molecule has 0 bridgehead atoms. The van der Waals surface area contributed by atoms with Crippen LogP contribution in [-0.2, 0) is 6.54 Å². The highest BCUT2D eigenvalue weighted by Crippen LogP contribution is 2.24. The predicted molar refractivity (Wildman–Crippen MR) is 80.4 cm³/mol. The number of pyridine rings is 1. The molecule has 18 heavy (non-hydrogen) atoms. The molecule has 0 radical (unpaired) electrons. The summed E-state index contributed by atoms with van der Waals surface area (Å²) in [4.78, 5) is 6.99. The fraction of sp³-hybridized carbons (Fsp3) is 0.643. The molecular weight excluding hydrogens is 242 g/mol. The number of thioether (sulfide) groups is 1. The van der Waals surface area contributed by atoms with Crippen molar-refractivity contribution in [2.75, 3.05) is 30.8 Å². The molecule has 1 aliphatic heterocycles. The van der Waals surface area contributed by atoms with Gasteiger partial charge in [-0.1, -0.05) is 13.0 Å². The maximum atomic E-state index is 4.59. The molecule has 0 unspecified atom stereocenters. The molecule has 4 heteroatoms. The summed E-state index contributed by atoms with van der Waals surface area (Å²) in [6.07, 6.45) is 6.77. The molecule has 0 spiro atoms. The lowest BCUT2D eigenvalue weighted by molar-refractivity contribution is 0.586. The van der Waals surface area contributed by atoms with Crippen LogP contribution in [0.3, 0.4) is 0 Å². The van der Waals surface area contributed by atoms with E-state index in [2.05, 4.69) is 40.5 Å². The van der Waals surface area contributed by atoms with Gasteiger partial charge in [0.2, 0.25) is 0 Å². The van der Waals surface area contributed by atoms with Gasteiger partial charge in [0, 0.05) is 31.1 Å². The van der Waals surface area contributed by atoms with Crippen molar-refractivity contribution in [3.8, 4) is 0 Å². The van der Waals surface area contributed by atoms with Crippen LogP contribution in [0.2, 0.25) is 0 Å². The number of anilines is 1. The molecule has 0 aliphatic carbocycles. The van der Waals surface area contributed by atoms with Gasteiger partial charge in [0.05, 0.1) is 0 Å². The molecule has 1 N–H and O–H groups in total. The molecule has 100 valence electrons. The molecule has 0 atom stereocenters. The van der Waals surface area contributed by atoms with E-state index in [1.54, 1.807) is 0 Å². The first-order valence-electron chi connectivity index (χ1n) is 6.77. The summed E-state index contributed by atoms with van der Waals surface area (Å²) in [5.74, 6) is 1.13. The van der Waals surface area contributed by atoms with E-state index in [0.29, 0.717) is 0 Å². The van der Waals surface area contributed by atoms with Gasteiger partial charge in [-0.15, -0.1) is 0 Å². The van der Waals surface area contributed by atoms with Gasteiger partial charge in [0.15, 0.2) is 0 Å². The van der Waals surface area contributed by atoms with E-state index in [-0.39, 0.29) is 0 Å². The zero-order chi connectivity index (χ0) is 12.8. The van der Waals surface area contributed by atoms with Gasteiger partial charge in [-0.2, -0.15) is 11.8 Å². The van der Waals surface area contributed by atoms with E-state index in [0.717, 1.165) is 37.2 Å². The Bertz CT molecular complexity index is 345. The van der Waals surface area contributed by atoms with Gasteiger partial charge in [0.1, 0.15) is 5.82 Å². The Morgan fingerprint density at radius 1 is 1.39 bits per heavy atom. The third kappa shape index (κ3) is 3.62. The summed E-state index contributed by atoms with van der Waals surface area (Å²) >= 11 is 2.00. The molecule has 1 aromatic rings. The molecule has 1 aromatic heterocycles. The standard InChI is InChI=1S/C14H23N3S/c1-3-15-10-12-4-5-14(16-11-12)17-8-6-13(18-2)7-9-17/h4-5,11,13,15H,3,6-10H2,1-2H3. The van der Waals surface area contributed by atoms with Crippen molar-refractivity contribution in [3.63, 3.8) is 0 Å². The molecule has 0 saturated carbocycles. The van der Waals surface area contributed by atoms with Crippen LogP contribution in [0.4, 0.5) is 5.82 Å². The smallest absolute Gasteiger partial charge is 0.128 e. The lowest BCUT2D eigenvalue weighted by Crippen LogP contribution is -2.35. The first kappa shape index (κ1) is 13.7. The Labute approximate surface area is 114 Å². The van der Waals surface area contributed by atoms with Gasteiger partial charge in [0.25, 0.3) is 0 Å². The number of piperidine rings is 1. The first-order chi connectivity index (χ1) is 8.83. The molecule has 2 rings (SSSR count). The van der Waals surface area contributed by atoms with Gasteiger partial charge in [-0.3, -0.25) is 0 Å². The third-order valence-electron chi connectivity index (χ3n) is 3.49. The summed E-state index contributed by atoms with van der Waals surface area (Å²) in [6.45, 7) is 6.33. The average Bonchev–Trinajstić information content (AvgIpc) is 2.46. The number of rotatable bonds is 5. The van der Waals surface area contributed by atoms with Crippen molar-refractivity contribution in [2.24, 2.45) is 0 Å². The molecule has 0 aromatic carbocycles. The van der Waals surface area contributed by atoms with E-state index < -0.39 is 0 Å². The highest BCUT2D eigenvalue weighted by atomic mass is 32.2. The molecular formula is C14H23N3S. The van der Waals surface area contributed by atoms with Crippen LogP contribution >= 0.6 is 11.8 Å². The zero-order valence-electron chi connectivity index (χ0n) is 11.4. The van der Waals surface area contributed by atoms with Crippen LogP contribution in [0.15, 0.2) is 18.3 Å². The predicted octanol–water partition coefficient (Wildman–Crippen LogP) is 2.52. The van der Waals surface area contributed by atoms with Crippen molar-refractivity contribution < 1.29 is 0 Å². The van der Waals surface area contributed by atoms with Gasteiger partial charge < -0.3 is 10.2 Å². The van der Waals surface area contributed by atoms with E-state index in [9.17, 15) is 0 Å². The van der Waals surface area contributed by atoms with Crippen LogP contribution in [-0.4, -0.2) is 36.1 Å². The van der Waals surface area contributed by atoms with Gasteiger partial charge in [-0.25, -0.2) is 4.98 Å². The van der Waals surface area contributed by atoms with Crippen molar-refractivity contribution in [3.05, 3.63) is 23.9 Å². The lowest BCUT2D eigenvalue weighted by atomic mass is 10.1. The minimum atomic E-state index is 0.842. The second-order valence-electron chi connectivity index (χ2n) is 4.73. The van der Waals surface area contributed by atoms with Crippen LogP contribution < -0.4 is 10.2 Å². The topological polar surface area (TPSA) is 28.2 Å². The van der Waals surface area contributed by atoms with Gasteiger partial charge in [-0.05, 0) is 37.3 Å². The van der Waals surface area contributed by atoms with Crippen LogP contribution in [0.5, 0.6) is 0 Å². The minimum absolute atomic E-state index is 0.842. The lowest BCUT2D eigenvalue weighted by Gasteiger charge is -2.32. The second kappa shape index (κ2) is 7.00. The summed E-state index contributed by atoms with van der Waals surface area (Å²) in [6, 6.07) is 4.34. The Kier molecular flexibility index (Phi) is 5.32. The molecule has 1 fully saturated rings. The number of hydrogen-bond donors (Lipinski definition) is 1. The van der Waals surface area contributed by atoms with E-state index in [1.165, 1.54) is 18.4 Å². The van der Waals surface area contributed by atoms with Crippen molar-refractivity contribution in [1.29, 1.82) is 0 Å². The van der Waals surface area contributed by atoms with E-state index >= 15 is 0 Å². The van der Waals surface area contributed by atoms with Gasteiger partial charge >= 0.3 is 0 Å². The molecule has 1 saturated heterocycles. The summed E-state index contributed by atoms with van der Waals surface area (Å²) in [5.41, 5.74) is 1.26. The van der Waals surface area contributed by atoms with Crippen LogP contribution in [0.1, 0.15) is 25.3 Å². The zero-order valence-corrected chi connectivity index (χ0v) is 12.2. The fourth-order valence-electron chi connectivity index (χ4n) is 2.30. The highest BCUT2D eigenvalue weighted by Gasteiger charge is 2.18. The maximum Gasteiger partial charge on any atom is 0.128 e. The Morgan fingerprint density at radius 3 is 2.72 bits per heavy atom. The first-order valence-corrected chi connectivity index (χ1v) is 8.05. The quantitative estimate of drug-likeness (QED) is 0.885. The SMILES string of the molecule is CCNCc1ccc(N2CCC(SC)CC2)nc1. The average molecular weight is 265 g/mol. The van der Waals surface area contributed by atoms with Crippen LogP contribution in [0.25, 0.3) is 0 Å². The summed E-state index contributed by atoms with van der Waals surface area (Å²) in [7, 11) is 0. The summed E-state index contributed by atoms with van der Waals surface area (Å²) < 4.78 is 0. The minimum Gasteiger partial charge on any atom is -0.357 e. The largest absolute Gasteiger partial charge is 0.357 e. The third-order valence-corrected chi connectivity index (χ3v) is 4.63. The van der Waals surface area contributed by atoms with Crippen molar-refractivity contribution in [1.82, 2.24) is 10.3 Å². The van der Waals surface area contributed by atoms with Crippen LogP contribution in [0, 0.1) is 0 Å². The molecule has 3 nitrogen and oxygen atoms in total. The molecule has 1 aliphatic rings. The number of aromatic nitrogens is 1. The number of nitrogens with zero attached hydrogens (tertiary/aromatic N) is 2. The Hall–Kier alpha value is -0.740. The summed E-state index contributed by atoms with van der Waals surface area (Å²) in [5, 5.41) is 4.16. The van der Waals surface area contributed by atoms with Crippen molar-refractivity contribution in [2.45, 2.75) is 31.6 Å². The molecule has 0 amide bonds. The van der Waals surface area contributed by atoms with E-state index in [1.807, 2.05) is 18.0 Å². The normalized spacial score (nSPS) is 17.1. The Balaban J connectivity index is 1.89. The second-order valence-corrected chi connectivity index (χ2v) is 5.87. The molecule has 2 heterocycles. The van der Waals surface area contributed by atoms with Crippen molar-refractivity contribution >= 4 is 17.6 Å². The fourth-order valence-corrected chi connectivity index (χ4v) is 2.98.